The van der Waals surface area contributed by atoms with Crippen LogP contribution in [0.2, 0.25) is 0 Å². The van der Waals surface area contributed by atoms with Gasteiger partial charge in [0.2, 0.25) is 0 Å². The minimum absolute atomic E-state index is 0.119. The Balaban J connectivity index is 2.51. The van der Waals surface area contributed by atoms with Crippen molar-refractivity contribution in [3.8, 4) is 0 Å². The van der Waals surface area contributed by atoms with Crippen molar-refractivity contribution in [1.29, 1.82) is 0 Å². The Hall–Kier alpha value is -1.40. The molecule has 0 aliphatic heterocycles. The van der Waals surface area contributed by atoms with E-state index in [0.717, 1.165) is 0 Å². The second-order valence-corrected chi connectivity index (χ2v) is 2.82. The fourth-order valence-corrected chi connectivity index (χ4v) is 0.972. The predicted octanol–water partition coefficient (Wildman–Crippen LogP) is -1.53. The van der Waals surface area contributed by atoms with Crippen molar-refractivity contribution in [2.75, 3.05) is 13.2 Å². The van der Waals surface area contributed by atoms with E-state index in [-0.39, 0.29) is 6.61 Å². The summed E-state index contributed by atoms with van der Waals surface area (Å²) in [5.74, 6) is 0. The maximum Gasteiger partial charge on any atom is 0.329 e. The van der Waals surface area contributed by atoms with Crippen molar-refractivity contribution < 1.29 is 5.11 Å². The van der Waals surface area contributed by atoms with Gasteiger partial charge in [-0.25, -0.2) is 4.79 Å². The molecule has 0 aliphatic carbocycles. The molecule has 78 valence electrons. The second-order valence-electron chi connectivity index (χ2n) is 2.82. The Morgan fingerprint density at radius 1 is 1.50 bits per heavy atom. The summed E-state index contributed by atoms with van der Waals surface area (Å²) in [4.78, 5) is 24.0. The van der Waals surface area contributed by atoms with Gasteiger partial charge in [-0.15, -0.1) is 0 Å². The topological polar surface area (TPSA) is 87.1 Å². The molecule has 0 aromatic carbocycles. The standard InChI is InChI=1S/C8H13N3O3/c12-5-1-3-9-6-11-4-2-7(13)10-8(11)14/h2,4,9,12H,1,3,5-6H2,(H,10,13,14). The maximum atomic E-state index is 11.1. The average Bonchev–Trinajstić information content (AvgIpc) is 2.15. The van der Waals surface area contributed by atoms with Crippen LogP contribution in [-0.2, 0) is 6.67 Å². The van der Waals surface area contributed by atoms with E-state index in [0.29, 0.717) is 19.6 Å². The molecule has 0 spiro atoms. The number of hydrogen-bond acceptors (Lipinski definition) is 4. The van der Waals surface area contributed by atoms with Gasteiger partial charge in [0, 0.05) is 18.9 Å². The first-order chi connectivity index (χ1) is 6.74. The van der Waals surface area contributed by atoms with E-state index in [1.807, 2.05) is 0 Å². The Morgan fingerprint density at radius 3 is 2.93 bits per heavy atom. The van der Waals surface area contributed by atoms with Crippen LogP contribution in [0, 0.1) is 0 Å². The molecule has 6 nitrogen and oxygen atoms in total. The van der Waals surface area contributed by atoms with E-state index >= 15 is 0 Å². The highest BCUT2D eigenvalue weighted by Gasteiger charge is 1.94. The van der Waals surface area contributed by atoms with Crippen molar-refractivity contribution in [3.63, 3.8) is 0 Å². The van der Waals surface area contributed by atoms with Gasteiger partial charge < -0.3 is 5.11 Å². The number of hydrogen-bond donors (Lipinski definition) is 3. The van der Waals surface area contributed by atoms with Gasteiger partial charge in [-0.1, -0.05) is 0 Å². The van der Waals surface area contributed by atoms with Crippen LogP contribution >= 0.6 is 0 Å². The fraction of sp³-hybridized carbons (Fsp3) is 0.500. The normalized spacial score (nSPS) is 10.4. The highest BCUT2D eigenvalue weighted by atomic mass is 16.3. The molecule has 0 aliphatic rings. The first-order valence-electron chi connectivity index (χ1n) is 4.35. The van der Waals surface area contributed by atoms with Crippen LogP contribution in [0.25, 0.3) is 0 Å². The molecule has 1 aromatic heterocycles. The van der Waals surface area contributed by atoms with Gasteiger partial charge in [0.25, 0.3) is 5.56 Å². The Kier molecular flexibility index (Phi) is 4.09. The maximum absolute atomic E-state index is 11.1. The van der Waals surface area contributed by atoms with Crippen LogP contribution in [-0.4, -0.2) is 27.8 Å². The van der Waals surface area contributed by atoms with Crippen LogP contribution in [0.1, 0.15) is 6.42 Å². The summed E-state index contributed by atoms with van der Waals surface area (Å²) >= 11 is 0. The molecular weight excluding hydrogens is 186 g/mol. The number of nitrogens with zero attached hydrogens (tertiary/aromatic N) is 1. The minimum Gasteiger partial charge on any atom is -0.396 e. The quantitative estimate of drug-likeness (QED) is 0.502. The molecule has 0 saturated carbocycles. The molecule has 6 heteroatoms. The molecule has 0 radical (unpaired) electrons. The number of H-pyrrole nitrogens is 1. The lowest BCUT2D eigenvalue weighted by Crippen LogP contribution is -2.33. The van der Waals surface area contributed by atoms with Crippen LogP contribution in [0.15, 0.2) is 21.9 Å². The lowest BCUT2D eigenvalue weighted by molar-refractivity contribution is 0.284. The van der Waals surface area contributed by atoms with Gasteiger partial charge in [0.05, 0.1) is 6.67 Å². The first kappa shape index (κ1) is 10.7. The molecular formula is C8H13N3O3. The van der Waals surface area contributed by atoms with Crippen molar-refractivity contribution in [2.24, 2.45) is 0 Å². The van der Waals surface area contributed by atoms with Gasteiger partial charge in [0.15, 0.2) is 0 Å². The van der Waals surface area contributed by atoms with E-state index in [1.165, 1.54) is 16.8 Å². The highest BCUT2D eigenvalue weighted by molar-refractivity contribution is 4.81. The smallest absolute Gasteiger partial charge is 0.329 e. The molecule has 0 amide bonds. The van der Waals surface area contributed by atoms with E-state index in [2.05, 4.69) is 10.3 Å². The van der Waals surface area contributed by atoms with Gasteiger partial charge in [-0.2, -0.15) is 0 Å². The van der Waals surface area contributed by atoms with E-state index < -0.39 is 11.2 Å². The molecule has 0 atom stereocenters. The third-order valence-corrected chi connectivity index (χ3v) is 1.69. The highest BCUT2D eigenvalue weighted by Crippen LogP contribution is 1.75. The number of rotatable bonds is 5. The molecule has 1 rings (SSSR count). The number of aliphatic hydroxyl groups is 1. The van der Waals surface area contributed by atoms with Gasteiger partial charge in [-0.3, -0.25) is 19.7 Å². The summed E-state index contributed by atoms with van der Waals surface area (Å²) in [6.45, 7) is 1.07. The lowest BCUT2D eigenvalue weighted by Gasteiger charge is -2.05. The Labute approximate surface area is 80.2 Å². The second kappa shape index (κ2) is 5.36. The number of aromatic amines is 1. The first-order valence-corrected chi connectivity index (χ1v) is 4.35. The zero-order valence-electron chi connectivity index (χ0n) is 7.69. The monoisotopic (exact) mass is 199 g/mol. The van der Waals surface area contributed by atoms with Crippen molar-refractivity contribution in [3.05, 3.63) is 33.1 Å². The van der Waals surface area contributed by atoms with Gasteiger partial charge >= 0.3 is 5.69 Å². The summed E-state index contributed by atoms with van der Waals surface area (Å²) in [6.07, 6.45) is 2.06. The van der Waals surface area contributed by atoms with Crippen LogP contribution < -0.4 is 16.6 Å². The van der Waals surface area contributed by atoms with E-state index in [9.17, 15) is 9.59 Å². The third-order valence-electron chi connectivity index (χ3n) is 1.69. The molecule has 0 saturated heterocycles. The fourth-order valence-electron chi connectivity index (χ4n) is 0.972. The largest absolute Gasteiger partial charge is 0.396 e. The predicted molar refractivity (Wildman–Crippen MR) is 51.0 cm³/mol. The summed E-state index contributed by atoms with van der Waals surface area (Å²) < 4.78 is 1.35. The SMILES string of the molecule is O=c1ccn(CNCCCO)c(=O)[nH]1. The molecule has 0 unspecified atom stereocenters. The summed E-state index contributed by atoms with van der Waals surface area (Å²) in [7, 11) is 0. The van der Waals surface area contributed by atoms with Crippen molar-refractivity contribution in [1.82, 2.24) is 14.9 Å². The molecule has 0 bridgehead atoms. The van der Waals surface area contributed by atoms with Gasteiger partial charge in [-0.05, 0) is 13.0 Å². The minimum atomic E-state index is -0.436. The number of aliphatic hydroxyl groups excluding tert-OH is 1. The van der Waals surface area contributed by atoms with E-state index in [1.54, 1.807) is 0 Å². The molecule has 1 heterocycles. The van der Waals surface area contributed by atoms with Crippen LogP contribution in [0.4, 0.5) is 0 Å². The Morgan fingerprint density at radius 2 is 2.29 bits per heavy atom. The summed E-state index contributed by atoms with van der Waals surface area (Å²) in [5, 5.41) is 11.4. The number of nitrogens with one attached hydrogen (secondary N) is 2. The van der Waals surface area contributed by atoms with E-state index in [4.69, 9.17) is 5.11 Å². The van der Waals surface area contributed by atoms with Crippen LogP contribution in [0.3, 0.4) is 0 Å². The lowest BCUT2D eigenvalue weighted by atomic mass is 10.4. The summed E-state index contributed by atoms with van der Waals surface area (Å²) in [6, 6.07) is 1.29. The zero-order valence-corrected chi connectivity index (χ0v) is 7.69. The zero-order chi connectivity index (χ0) is 10.4. The number of aromatic nitrogens is 2. The Bertz CT molecular complexity index is 382. The average molecular weight is 199 g/mol. The molecule has 0 fully saturated rings. The third kappa shape index (κ3) is 3.15. The summed E-state index contributed by atoms with van der Waals surface area (Å²) in [5.41, 5.74) is -0.837. The molecule has 3 N–H and O–H groups in total. The van der Waals surface area contributed by atoms with Crippen LogP contribution in [0.5, 0.6) is 0 Å². The molecule has 14 heavy (non-hydrogen) atoms. The van der Waals surface area contributed by atoms with Gasteiger partial charge in [0.1, 0.15) is 0 Å². The van der Waals surface area contributed by atoms with Crippen molar-refractivity contribution in [2.45, 2.75) is 13.1 Å². The van der Waals surface area contributed by atoms with Crippen molar-refractivity contribution >= 4 is 0 Å². The molecule has 1 aromatic rings.